The number of aryl methyl sites for hydroxylation is 1. The average molecular weight is 495 g/mol. The summed E-state index contributed by atoms with van der Waals surface area (Å²) in [6, 6.07) is 20.8. The number of carbonyl (C=O) groups excluding carboxylic acids is 2. The Balaban J connectivity index is 1.79. The van der Waals surface area contributed by atoms with E-state index in [4.69, 9.17) is 9.29 Å². The van der Waals surface area contributed by atoms with Gasteiger partial charge in [0.15, 0.2) is 0 Å². The molecule has 3 rings (SSSR count). The Morgan fingerprint density at radius 2 is 1.60 bits per heavy atom. The van der Waals surface area contributed by atoms with Gasteiger partial charge in [-0.3, -0.25) is 9.59 Å². The number of amides is 2. The smallest absolute Gasteiger partial charge is 0.339 e. The lowest BCUT2D eigenvalue weighted by atomic mass is 10.1. The highest BCUT2D eigenvalue weighted by Gasteiger charge is 2.17. The fourth-order valence-electron chi connectivity index (χ4n) is 2.98. The molecule has 0 heterocycles. The van der Waals surface area contributed by atoms with Crippen molar-refractivity contribution in [1.82, 2.24) is 10.6 Å². The summed E-state index contributed by atoms with van der Waals surface area (Å²) in [5, 5.41) is 14.2. The van der Waals surface area contributed by atoms with Crippen LogP contribution in [-0.4, -0.2) is 38.5 Å². The number of hydrogen-bond donors (Lipinski definition) is 3. The van der Waals surface area contributed by atoms with Gasteiger partial charge in [0, 0.05) is 18.7 Å². The third-order valence-electron chi connectivity index (χ3n) is 4.86. The van der Waals surface area contributed by atoms with E-state index in [0.29, 0.717) is 17.5 Å². The highest BCUT2D eigenvalue weighted by atomic mass is 32.2. The zero-order chi connectivity index (χ0) is 25.3. The van der Waals surface area contributed by atoms with Crippen molar-refractivity contribution in [3.63, 3.8) is 0 Å². The minimum Gasteiger partial charge on any atom is -0.396 e. The van der Waals surface area contributed by atoms with Gasteiger partial charge in [-0.15, -0.1) is 0 Å². The molecule has 0 radical (unpaired) electrons. The van der Waals surface area contributed by atoms with Crippen LogP contribution in [0.3, 0.4) is 0 Å². The van der Waals surface area contributed by atoms with E-state index in [1.807, 2.05) is 6.92 Å². The van der Waals surface area contributed by atoms with Gasteiger partial charge in [-0.05, 0) is 61.4 Å². The number of aliphatic hydroxyl groups excluding tert-OH is 1. The third kappa shape index (κ3) is 7.53. The van der Waals surface area contributed by atoms with E-state index in [1.165, 1.54) is 30.3 Å². The Hall–Kier alpha value is -3.95. The number of carbonyl (C=O) groups is 2. The van der Waals surface area contributed by atoms with Crippen molar-refractivity contribution in [3.05, 3.63) is 101 Å². The summed E-state index contributed by atoms with van der Waals surface area (Å²) in [4.78, 5) is 25.3. The molecule has 35 heavy (non-hydrogen) atoms. The van der Waals surface area contributed by atoms with Crippen molar-refractivity contribution in [2.45, 2.75) is 18.2 Å². The van der Waals surface area contributed by atoms with Crippen molar-refractivity contribution in [2.75, 3.05) is 13.2 Å². The lowest BCUT2D eigenvalue weighted by Crippen LogP contribution is -2.35. The first-order valence-corrected chi connectivity index (χ1v) is 12.3. The van der Waals surface area contributed by atoms with Gasteiger partial charge in [0.25, 0.3) is 11.8 Å². The second kappa shape index (κ2) is 12.0. The number of nitrogens with one attached hydrogen (secondary N) is 2. The summed E-state index contributed by atoms with van der Waals surface area (Å²) in [6.45, 7) is 2.01. The molecule has 0 bridgehead atoms. The van der Waals surface area contributed by atoms with Crippen LogP contribution >= 0.6 is 0 Å². The molecule has 3 aromatic carbocycles. The first-order chi connectivity index (χ1) is 16.8. The predicted octanol–water partition coefficient (Wildman–Crippen LogP) is 3.03. The Bertz CT molecular complexity index is 1290. The van der Waals surface area contributed by atoms with Crippen LogP contribution in [0.4, 0.5) is 0 Å². The van der Waals surface area contributed by atoms with Crippen LogP contribution in [-0.2, 0) is 14.9 Å². The fourth-order valence-corrected chi connectivity index (χ4v) is 3.91. The molecule has 0 aliphatic heterocycles. The van der Waals surface area contributed by atoms with Crippen LogP contribution in [0.1, 0.15) is 27.9 Å². The van der Waals surface area contributed by atoms with E-state index < -0.39 is 21.9 Å². The fraction of sp³-hybridized carbons (Fsp3) is 0.154. The summed E-state index contributed by atoms with van der Waals surface area (Å²) in [6.07, 6.45) is 1.83. The maximum atomic E-state index is 12.6. The van der Waals surface area contributed by atoms with Crippen LogP contribution in [0, 0.1) is 6.92 Å². The van der Waals surface area contributed by atoms with Gasteiger partial charge >= 0.3 is 10.1 Å². The Morgan fingerprint density at radius 1 is 0.943 bits per heavy atom. The molecule has 3 aromatic rings. The van der Waals surface area contributed by atoms with E-state index in [0.717, 1.165) is 5.56 Å². The second-order valence-electron chi connectivity index (χ2n) is 7.63. The molecule has 0 aliphatic carbocycles. The van der Waals surface area contributed by atoms with E-state index in [9.17, 15) is 18.0 Å². The molecule has 0 saturated carbocycles. The van der Waals surface area contributed by atoms with E-state index in [1.54, 1.807) is 54.6 Å². The summed E-state index contributed by atoms with van der Waals surface area (Å²) in [7, 11) is -4.00. The topological polar surface area (TPSA) is 122 Å². The van der Waals surface area contributed by atoms with Crippen LogP contribution in [0.2, 0.25) is 0 Å². The van der Waals surface area contributed by atoms with Gasteiger partial charge in [-0.25, -0.2) is 0 Å². The number of rotatable bonds is 10. The van der Waals surface area contributed by atoms with E-state index in [-0.39, 0.29) is 29.5 Å². The number of aliphatic hydroxyl groups is 1. The molecule has 0 fully saturated rings. The maximum absolute atomic E-state index is 12.6. The molecule has 0 unspecified atom stereocenters. The van der Waals surface area contributed by atoms with Gasteiger partial charge in [-0.2, -0.15) is 8.42 Å². The van der Waals surface area contributed by atoms with Crippen molar-refractivity contribution in [3.8, 4) is 5.75 Å². The minimum absolute atomic E-state index is 0.00209. The van der Waals surface area contributed by atoms with E-state index in [2.05, 4.69) is 10.6 Å². The minimum atomic E-state index is -4.00. The van der Waals surface area contributed by atoms with Gasteiger partial charge in [-0.1, -0.05) is 48.0 Å². The molecule has 0 spiro atoms. The molecule has 2 amide bonds. The zero-order valence-corrected chi connectivity index (χ0v) is 19.9. The van der Waals surface area contributed by atoms with Gasteiger partial charge < -0.3 is 19.9 Å². The van der Waals surface area contributed by atoms with Crippen LogP contribution in [0.5, 0.6) is 5.75 Å². The average Bonchev–Trinajstić information content (AvgIpc) is 2.85. The lowest BCUT2D eigenvalue weighted by molar-refractivity contribution is -0.117. The molecular formula is C26H26N2O6S. The molecule has 0 aromatic heterocycles. The van der Waals surface area contributed by atoms with Gasteiger partial charge in [0.1, 0.15) is 16.3 Å². The molecule has 0 aliphatic rings. The highest BCUT2D eigenvalue weighted by molar-refractivity contribution is 7.87. The van der Waals surface area contributed by atoms with E-state index >= 15 is 0 Å². The first-order valence-electron chi connectivity index (χ1n) is 10.9. The Morgan fingerprint density at radius 3 is 2.23 bits per heavy atom. The van der Waals surface area contributed by atoms with Gasteiger partial charge in [0.2, 0.25) is 0 Å². The summed E-state index contributed by atoms with van der Waals surface area (Å²) in [5.74, 6) is -0.881. The Kier molecular flexibility index (Phi) is 8.77. The molecule has 182 valence electrons. The van der Waals surface area contributed by atoms with Crippen LogP contribution in [0.15, 0.2) is 89.5 Å². The molecule has 0 atom stereocenters. The van der Waals surface area contributed by atoms with Crippen molar-refractivity contribution >= 4 is 28.0 Å². The molecule has 8 nitrogen and oxygen atoms in total. The maximum Gasteiger partial charge on any atom is 0.339 e. The summed E-state index contributed by atoms with van der Waals surface area (Å²) < 4.78 is 30.2. The summed E-state index contributed by atoms with van der Waals surface area (Å²) >= 11 is 0. The molecular weight excluding hydrogens is 468 g/mol. The van der Waals surface area contributed by atoms with Crippen molar-refractivity contribution < 1.29 is 27.3 Å². The summed E-state index contributed by atoms with van der Waals surface area (Å²) in [5.41, 5.74) is 1.84. The zero-order valence-electron chi connectivity index (χ0n) is 19.1. The molecule has 3 N–H and O–H groups in total. The van der Waals surface area contributed by atoms with Crippen molar-refractivity contribution in [1.29, 1.82) is 0 Å². The lowest BCUT2D eigenvalue weighted by Gasteiger charge is -2.11. The monoisotopic (exact) mass is 494 g/mol. The molecule has 9 heteroatoms. The number of hydrogen-bond acceptors (Lipinski definition) is 6. The quantitative estimate of drug-likeness (QED) is 0.226. The normalized spacial score (nSPS) is 11.5. The number of benzene rings is 3. The van der Waals surface area contributed by atoms with Crippen molar-refractivity contribution in [2.24, 2.45) is 0 Å². The molecule has 0 saturated heterocycles. The standard InChI is InChI=1S/C26H26N2O6S/c1-19-8-14-23(15-9-19)35(32,33)34-22-12-10-20(11-13-22)18-24(26(31)27-16-5-17-29)28-25(30)21-6-3-2-4-7-21/h2-4,6-15,18,29H,5,16-17H2,1H3,(H,27,31)(H,28,30). The first kappa shape index (κ1) is 25.7. The Labute approximate surface area is 204 Å². The predicted molar refractivity (Wildman–Crippen MR) is 132 cm³/mol. The highest BCUT2D eigenvalue weighted by Crippen LogP contribution is 2.20. The third-order valence-corrected chi connectivity index (χ3v) is 6.12. The SMILES string of the molecule is Cc1ccc(S(=O)(=O)Oc2ccc(C=C(NC(=O)c3ccccc3)C(=O)NCCCO)cc2)cc1. The van der Waals surface area contributed by atoms with Crippen LogP contribution in [0.25, 0.3) is 6.08 Å². The second-order valence-corrected chi connectivity index (χ2v) is 9.18. The largest absolute Gasteiger partial charge is 0.396 e. The van der Waals surface area contributed by atoms with Crippen LogP contribution < -0.4 is 14.8 Å². The van der Waals surface area contributed by atoms with Gasteiger partial charge in [0.05, 0.1) is 0 Å².